The number of hydrogen-bond donors (Lipinski definition) is 1. The zero-order valence-corrected chi connectivity index (χ0v) is 17.8. The Kier molecular flexibility index (Phi) is 6.89. The summed E-state index contributed by atoms with van der Waals surface area (Å²) in [4.78, 5) is 12.8. The summed E-state index contributed by atoms with van der Waals surface area (Å²) in [5, 5.41) is 10.6. The highest BCUT2D eigenvalue weighted by atomic mass is 16.5. The van der Waals surface area contributed by atoms with E-state index in [9.17, 15) is 9.90 Å². The monoisotopic (exact) mass is 384 g/mol. The van der Waals surface area contributed by atoms with Crippen molar-refractivity contribution >= 4 is 5.97 Å². The van der Waals surface area contributed by atoms with E-state index in [1.54, 1.807) is 31.4 Å². The molecule has 1 N–H and O–H groups in total. The molecule has 0 heterocycles. The lowest BCUT2D eigenvalue weighted by Gasteiger charge is -2.32. The van der Waals surface area contributed by atoms with Crippen LogP contribution >= 0.6 is 0 Å². The molecule has 0 amide bonds. The third-order valence-corrected chi connectivity index (χ3v) is 5.03. The van der Waals surface area contributed by atoms with Gasteiger partial charge < -0.3 is 14.6 Å². The number of benzene rings is 2. The van der Waals surface area contributed by atoms with Crippen molar-refractivity contribution in [1.29, 1.82) is 0 Å². The summed E-state index contributed by atoms with van der Waals surface area (Å²) in [5.41, 5.74) is 1.02. The second-order valence-electron chi connectivity index (χ2n) is 8.79. The lowest BCUT2D eigenvalue weighted by Crippen LogP contribution is -2.35. The molecule has 0 aliphatic rings. The molecule has 0 radical (unpaired) electrons. The van der Waals surface area contributed by atoms with E-state index in [2.05, 4.69) is 20.8 Å². The zero-order valence-electron chi connectivity index (χ0n) is 17.8. The number of carbonyl (C=O) groups is 1. The summed E-state index contributed by atoms with van der Waals surface area (Å²) >= 11 is 0. The van der Waals surface area contributed by atoms with Gasteiger partial charge in [-0.05, 0) is 60.6 Å². The van der Waals surface area contributed by atoms with Gasteiger partial charge in [-0.15, -0.1) is 0 Å². The van der Waals surface area contributed by atoms with E-state index in [4.69, 9.17) is 9.47 Å². The van der Waals surface area contributed by atoms with Gasteiger partial charge in [0.05, 0.1) is 12.5 Å². The third kappa shape index (κ3) is 5.59. The molecule has 0 spiro atoms. The van der Waals surface area contributed by atoms with Crippen LogP contribution in [0.1, 0.15) is 64.7 Å². The molecule has 4 heteroatoms. The minimum absolute atomic E-state index is 0.0378. The molecule has 0 aliphatic heterocycles. The molecule has 2 atom stereocenters. The second-order valence-corrected chi connectivity index (χ2v) is 8.79. The highest BCUT2D eigenvalue weighted by Crippen LogP contribution is 2.37. The maximum Gasteiger partial charge on any atom is 0.317 e. The third-order valence-electron chi connectivity index (χ3n) is 5.03. The van der Waals surface area contributed by atoms with Crippen LogP contribution in [-0.2, 0) is 4.79 Å². The number of carbonyl (C=O) groups excluding carboxylic acids is 1. The number of ether oxygens (including phenoxy) is 2. The molecule has 0 bridgehead atoms. The first kappa shape index (κ1) is 22.0. The van der Waals surface area contributed by atoms with E-state index in [1.165, 1.54) is 0 Å². The summed E-state index contributed by atoms with van der Waals surface area (Å²) in [6.07, 6.45) is 0.721. The molecule has 4 nitrogen and oxygen atoms in total. The van der Waals surface area contributed by atoms with Crippen LogP contribution in [-0.4, -0.2) is 18.2 Å². The van der Waals surface area contributed by atoms with E-state index in [0.29, 0.717) is 5.75 Å². The molecule has 2 unspecified atom stereocenters. The van der Waals surface area contributed by atoms with Gasteiger partial charge in [0.2, 0.25) is 0 Å². The summed E-state index contributed by atoms with van der Waals surface area (Å²) in [7, 11) is 1.61. The van der Waals surface area contributed by atoms with Gasteiger partial charge in [0.15, 0.2) is 0 Å². The first-order chi connectivity index (χ1) is 13.1. The van der Waals surface area contributed by atoms with Crippen molar-refractivity contribution in [3.63, 3.8) is 0 Å². The van der Waals surface area contributed by atoms with Gasteiger partial charge in [0.1, 0.15) is 17.6 Å². The topological polar surface area (TPSA) is 55.8 Å². The van der Waals surface area contributed by atoms with E-state index in [-0.39, 0.29) is 11.4 Å². The van der Waals surface area contributed by atoms with Crippen molar-refractivity contribution in [3.05, 3.63) is 59.7 Å². The molecule has 0 aromatic heterocycles. The fourth-order valence-corrected chi connectivity index (χ4v) is 3.44. The van der Waals surface area contributed by atoms with Gasteiger partial charge in [-0.25, -0.2) is 0 Å². The average molecular weight is 385 g/mol. The number of aliphatic hydroxyl groups is 1. The van der Waals surface area contributed by atoms with Crippen LogP contribution in [0, 0.1) is 10.8 Å². The lowest BCUT2D eigenvalue weighted by molar-refractivity contribution is -0.147. The van der Waals surface area contributed by atoms with Gasteiger partial charge in [0, 0.05) is 0 Å². The second kappa shape index (κ2) is 8.78. The summed E-state index contributed by atoms with van der Waals surface area (Å²) in [5.74, 6) is 1.02. The fourth-order valence-electron chi connectivity index (χ4n) is 3.44. The highest BCUT2D eigenvalue weighted by molar-refractivity contribution is 5.78. The molecule has 2 aromatic carbocycles. The Hall–Kier alpha value is -2.33. The van der Waals surface area contributed by atoms with Gasteiger partial charge in [-0.1, -0.05) is 52.0 Å². The van der Waals surface area contributed by atoms with E-state index in [1.807, 2.05) is 38.1 Å². The number of esters is 1. The largest absolute Gasteiger partial charge is 0.497 e. The first-order valence-corrected chi connectivity index (χ1v) is 9.72. The number of aliphatic hydroxyl groups excluding tert-OH is 1. The van der Waals surface area contributed by atoms with Crippen LogP contribution in [0.25, 0.3) is 0 Å². The van der Waals surface area contributed by atoms with Crippen LogP contribution < -0.4 is 9.47 Å². The Morgan fingerprint density at radius 2 is 1.39 bits per heavy atom. The smallest absolute Gasteiger partial charge is 0.317 e. The van der Waals surface area contributed by atoms with Gasteiger partial charge in [0.25, 0.3) is 0 Å². The van der Waals surface area contributed by atoms with Gasteiger partial charge in [-0.3, -0.25) is 4.79 Å². The SMILES string of the molecule is CCC(C)(CC(C)(C)C)C(=O)Oc1ccc(C(O)c2ccc(OC)cc2)cc1. The number of rotatable bonds is 7. The average Bonchev–Trinajstić information content (AvgIpc) is 2.66. The minimum Gasteiger partial charge on any atom is -0.497 e. The van der Waals surface area contributed by atoms with Gasteiger partial charge >= 0.3 is 5.97 Å². The van der Waals surface area contributed by atoms with Crippen LogP contribution in [0.5, 0.6) is 11.5 Å². The molecule has 28 heavy (non-hydrogen) atoms. The van der Waals surface area contributed by atoms with E-state index < -0.39 is 11.5 Å². The maximum atomic E-state index is 12.8. The quantitative estimate of drug-likeness (QED) is 0.503. The number of hydrogen-bond acceptors (Lipinski definition) is 4. The highest BCUT2D eigenvalue weighted by Gasteiger charge is 2.37. The number of methoxy groups -OCH3 is 1. The Balaban J connectivity index is 2.09. The summed E-state index contributed by atoms with van der Waals surface area (Å²) in [6.45, 7) is 10.4. The Labute approximate surface area is 168 Å². The Morgan fingerprint density at radius 1 is 0.929 bits per heavy atom. The molecule has 2 aromatic rings. The Bertz CT molecular complexity index is 772. The first-order valence-electron chi connectivity index (χ1n) is 9.72. The molecular formula is C24H32O4. The summed E-state index contributed by atoms with van der Waals surface area (Å²) in [6, 6.07) is 14.3. The van der Waals surface area contributed by atoms with Crippen molar-refractivity contribution in [1.82, 2.24) is 0 Å². The fraction of sp³-hybridized carbons (Fsp3) is 0.458. The molecule has 0 saturated carbocycles. The van der Waals surface area contributed by atoms with Crippen LogP contribution in [0.2, 0.25) is 0 Å². The maximum absolute atomic E-state index is 12.8. The van der Waals surface area contributed by atoms with Crippen molar-refractivity contribution in [2.75, 3.05) is 7.11 Å². The van der Waals surface area contributed by atoms with Crippen LogP contribution in [0.4, 0.5) is 0 Å². The van der Waals surface area contributed by atoms with Crippen molar-refractivity contribution < 1.29 is 19.4 Å². The van der Waals surface area contributed by atoms with Crippen molar-refractivity contribution in [3.8, 4) is 11.5 Å². The van der Waals surface area contributed by atoms with E-state index >= 15 is 0 Å². The predicted molar refractivity (Wildman–Crippen MR) is 112 cm³/mol. The molecule has 0 fully saturated rings. The standard InChI is InChI=1S/C24H32O4/c1-7-24(5,16-23(2,3)4)22(26)28-20-14-10-18(11-15-20)21(25)17-8-12-19(27-6)13-9-17/h8-15,21,25H,7,16H2,1-6H3. The zero-order chi connectivity index (χ0) is 20.9. The molecular weight excluding hydrogens is 352 g/mol. The van der Waals surface area contributed by atoms with Gasteiger partial charge in [-0.2, -0.15) is 0 Å². The van der Waals surface area contributed by atoms with Crippen molar-refractivity contribution in [2.24, 2.45) is 10.8 Å². The van der Waals surface area contributed by atoms with Crippen LogP contribution in [0.3, 0.4) is 0 Å². The molecule has 0 aliphatic carbocycles. The predicted octanol–water partition coefficient (Wildman–Crippen LogP) is 5.53. The van der Waals surface area contributed by atoms with Crippen LogP contribution in [0.15, 0.2) is 48.5 Å². The Morgan fingerprint density at radius 3 is 1.79 bits per heavy atom. The minimum atomic E-state index is -0.752. The molecule has 2 rings (SSSR count). The normalized spacial score (nSPS) is 14.8. The van der Waals surface area contributed by atoms with E-state index in [0.717, 1.165) is 29.7 Å². The summed E-state index contributed by atoms with van der Waals surface area (Å²) < 4.78 is 10.8. The van der Waals surface area contributed by atoms with Crippen molar-refractivity contribution in [2.45, 2.75) is 53.6 Å². The molecule has 0 saturated heterocycles. The lowest BCUT2D eigenvalue weighted by atomic mass is 9.73. The molecule has 152 valence electrons.